The second-order valence-electron chi connectivity index (χ2n) is 11.1. The van der Waals surface area contributed by atoms with E-state index in [0.717, 1.165) is 62.9 Å². The Morgan fingerprint density at radius 1 is 0.944 bits per heavy atom. The third kappa shape index (κ3) is 3.70. The van der Waals surface area contributed by atoms with Crippen molar-refractivity contribution in [3.63, 3.8) is 0 Å². The Balaban J connectivity index is 1.20. The molecule has 3 aromatic rings. The maximum atomic E-state index is 14.1. The van der Waals surface area contributed by atoms with Crippen LogP contribution >= 0.6 is 0 Å². The second kappa shape index (κ2) is 8.70. The van der Waals surface area contributed by atoms with Gasteiger partial charge in [0.2, 0.25) is 5.91 Å². The van der Waals surface area contributed by atoms with E-state index in [-0.39, 0.29) is 23.8 Å². The fourth-order valence-corrected chi connectivity index (χ4v) is 6.67. The molecule has 2 aliphatic carbocycles. The third-order valence-corrected chi connectivity index (χ3v) is 8.88. The van der Waals surface area contributed by atoms with E-state index in [1.54, 1.807) is 12.4 Å². The molecular weight excluding hydrogens is 446 g/mol. The molecule has 2 aromatic carbocycles. The van der Waals surface area contributed by atoms with E-state index in [1.807, 2.05) is 11.0 Å². The zero-order valence-electron chi connectivity index (χ0n) is 20.6. The molecule has 3 heterocycles. The number of carbonyl (C=O) groups is 1. The quantitative estimate of drug-likeness (QED) is 0.429. The summed E-state index contributed by atoms with van der Waals surface area (Å²) in [7, 11) is 0. The van der Waals surface area contributed by atoms with E-state index in [9.17, 15) is 4.79 Å². The first kappa shape index (κ1) is 22.0. The average Bonchev–Trinajstić information content (AvgIpc) is 3.61. The second-order valence-corrected chi connectivity index (χ2v) is 11.1. The highest BCUT2D eigenvalue weighted by atomic mass is 16.2. The minimum absolute atomic E-state index is 0.00924. The SMILES string of the molecule is Nc1c([C@H]2CCN(CC3CC3)C[C@H]2C(=O)N2CC[C@H]2c2ncccn2)ccc2c1Cc1ccccc1-2. The van der Waals surface area contributed by atoms with Gasteiger partial charge in [0.25, 0.3) is 0 Å². The lowest BCUT2D eigenvalue weighted by atomic mass is 9.77. The van der Waals surface area contributed by atoms with Gasteiger partial charge in [0.15, 0.2) is 5.82 Å². The highest BCUT2D eigenvalue weighted by molar-refractivity contribution is 5.85. The lowest BCUT2D eigenvalue weighted by Gasteiger charge is -2.46. The number of likely N-dealkylation sites (tertiary alicyclic amines) is 2. The highest BCUT2D eigenvalue weighted by Crippen LogP contribution is 2.46. The van der Waals surface area contributed by atoms with E-state index in [2.05, 4.69) is 51.3 Å². The number of nitrogens with two attached hydrogens (primary N) is 1. The lowest BCUT2D eigenvalue weighted by Crippen LogP contribution is -2.53. The minimum atomic E-state index is -0.0897. The van der Waals surface area contributed by atoms with Gasteiger partial charge < -0.3 is 15.5 Å². The van der Waals surface area contributed by atoms with Crippen LogP contribution in [0.1, 0.15) is 60.2 Å². The minimum Gasteiger partial charge on any atom is -0.398 e. The molecule has 6 heteroatoms. The molecular formula is C30H33N5O. The Morgan fingerprint density at radius 3 is 2.56 bits per heavy atom. The zero-order chi connectivity index (χ0) is 24.2. The fraction of sp³-hybridized carbons (Fsp3) is 0.433. The van der Waals surface area contributed by atoms with E-state index < -0.39 is 0 Å². The standard InChI is InChI=1S/C30H33N5O/c31-28-24(9-8-22-21-5-2-1-4-20(21)16-25(22)28)23-10-14-34(17-19-6-7-19)18-26(23)30(36)35-15-11-27(35)29-32-12-3-13-33-29/h1-5,8-9,12-13,19,23,26-27H,6-7,10-11,14-18,31H2/t23-,26-,27+/m1/s1. The lowest BCUT2D eigenvalue weighted by molar-refractivity contribution is -0.146. The topological polar surface area (TPSA) is 75.3 Å². The van der Waals surface area contributed by atoms with Crippen molar-refractivity contribution in [1.29, 1.82) is 0 Å². The molecule has 36 heavy (non-hydrogen) atoms. The van der Waals surface area contributed by atoms with Crippen LogP contribution in [-0.4, -0.2) is 51.9 Å². The first-order chi connectivity index (χ1) is 17.7. The van der Waals surface area contributed by atoms with Crippen LogP contribution in [0.5, 0.6) is 0 Å². The number of rotatable bonds is 5. The smallest absolute Gasteiger partial charge is 0.228 e. The Labute approximate surface area is 212 Å². The van der Waals surface area contributed by atoms with Crippen LogP contribution in [0.3, 0.4) is 0 Å². The first-order valence-electron chi connectivity index (χ1n) is 13.5. The van der Waals surface area contributed by atoms with Crippen LogP contribution in [0.25, 0.3) is 11.1 Å². The summed E-state index contributed by atoms with van der Waals surface area (Å²) in [5.41, 5.74) is 14.1. The molecule has 1 saturated carbocycles. The maximum Gasteiger partial charge on any atom is 0.228 e. The van der Waals surface area contributed by atoms with Gasteiger partial charge in [0.05, 0.1) is 12.0 Å². The number of carbonyl (C=O) groups excluding carboxylic acids is 1. The molecule has 1 amide bonds. The molecule has 3 fully saturated rings. The Kier molecular flexibility index (Phi) is 5.31. The number of amides is 1. The van der Waals surface area contributed by atoms with Gasteiger partial charge in [0.1, 0.15) is 0 Å². The number of aromatic nitrogens is 2. The molecule has 2 N–H and O–H groups in total. The summed E-state index contributed by atoms with van der Waals surface area (Å²) in [5, 5.41) is 0. The molecule has 4 aliphatic rings. The fourth-order valence-electron chi connectivity index (χ4n) is 6.67. The number of anilines is 1. The number of hydrogen-bond acceptors (Lipinski definition) is 5. The summed E-state index contributed by atoms with van der Waals surface area (Å²) >= 11 is 0. The number of benzene rings is 2. The van der Waals surface area contributed by atoms with E-state index >= 15 is 0 Å². The molecule has 184 valence electrons. The van der Waals surface area contributed by atoms with Gasteiger partial charge in [0, 0.05) is 44.1 Å². The van der Waals surface area contributed by atoms with Crippen molar-refractivity contribution >= 4 is 11.6 Å². The molecule has 0 radical (unpaired) electrons. The third-order valence-electron chi connectivity index (χ3n) is 8.88. The zero-order valence-corrected chi connectivity index (χ0v) is 20.6. The number of piperidine rings is 1. The molecule has 2 saturated heterocycles. The Bertz CT molecular complexity index is 1300. The number of nitrogens with zero attached hydrogens (tertiary/aromatic N) is 4. The van der Waals surface area contributed by atoms with Crippen LogP contribution in [0.2, 0.25) is 0 Å². The van der Waals surface area contributed by atoms with Gasteiger partial charge in [-0.15, -0.1) is 0 Å². The molecule has 0 unspecified atom stereocenters. The van der Waals surface area contributed by atoms with Gasteiger partial charge in [-0.1, -0.05) is 36.4 Å². The largest absolute Gasteiger partial charge is 0.398 e. The van der Waals surface area contributed by atoms with Crippen molar-refractivity contribution in [2.24, 2.45) is 11.8 Å². The van der Waals surface area contributed by atoms with Crippen molar-refractivity contribution < 1.29 is 4.79 Å². The maximum absolute atomic E-state index is 14.1. The molecule has 7 rings (SSSR count). The summed E-state index contributed by atoms with van der Waals surface area (Å²) < 4.78 is 0. The molecule has 2 aliphatic heterocycles. The summed E-state index contributed by atoms with van der Waals surface area (Å²) in [6.45, 7) is 3.75. The molecule has 0 bridgehead atoms. The van der Waals surface area contributed by atoms with E-state index in [1.165, 1.54) is 40.7 Å². The number of nitrogen functional groups attached to an aromatic ring is 1. The Hall–Kier alpha value is -3.25. The molecule has 1 aromatic heterocycles. The predicted octanol–water partition coefficient (Wildman–Crippen LogP) is 4.42. The van der Waals surface area contributed by atoms with Gasteiger partial charge in [-0.05, 0) is 77.9 Å². The van der Waals surface area contributed by atoms with Crippen molar-refractivity contribution in [3.05, 3.63) is 77.4 Å². The van der Waals surface area contributed by atoms with Crippen LogP contribution < -0.4 is 5.73 Å². The van der Waals surface area contributed by atoms with Crippen molar-refractivity contribution in [1.82, 2.24) is 19.8 Å². The Morgan fingerprint density at radius 2 is 1.78 bits per heavy atom. The summed E-state index contributed by atoms with van der Waals surface area (Å²) in [6, 6.07) is 14.9. The summed E-state index contributed by atoms with van der Waals surface area (Å²) in [4.78, 5) is 27.6. The van der Waals surface area contributed by atoms with Gasteiger partial charge in [-0.25, -0.2) is 9.97 Å². The highest BCUT2D eigenvalue weighted by Gasteiger charge is 2.44. The van der Waals surface area contributed by atoms with E-state index in [4.69, 9.17) is 5.73 Å². The van der Waals surface area contributed by atoms with Crippen molar-refractivity contribution in [3.8, 4) is 11.1 Å². The summed E-state index contributed by atoms with van der Waals surface area (Å²) in [6.07, 6.45) is 8.98. The van der Waals surface area contributed by atoms with Gasteiger partial charge in [-0.2, -0.15) is 0 Å². The van der Waals surface area contributed by atoms with Crippen LogP contribution in [-0.2, 0) is 11.2 Å². The average molecular weight is 480 g/mol. The summed E-state index contributed by atoms with van der Waals surface area (Å²) in [5.74, 6) is 1.87. The number of fused-ring (bicyclic) bond motifs is 3. The van der Waals surface area contributed by atoms with Crippen LogP contribution in [0.15, 0.2) is 54.9 Å². The number of hydrogen-bond donors (Lipinski definition) is 1. The van der Waals surface area contributed by atoms with E-state index in [0.29, 0.717) is 0 Å². The molecule has 6 nitrogen and oxygen atoms in total. The van der Waals surface area contributed by atoms with Crippen LogP contribution in [0, 0.1) is 11.8 Å². The van der Waals surface area contributed by atoms with Crippen LogP contribution in [0.4, 0.5) is 5.69 Å². The normalized spacial score (nSPS) is 25.2. The van der Waals surface area contributed by atoms with Crippen molar-refractivity contribution in [2.45, 2.75) is 44.1 Å². The molecule has 0 spiro atoms. The first-order valence-corrected chi connectivity index (χ1v) is 13.5. The monoisotopic (exact) mass is 479 g/mol. The predicted molar refractivity (Wildman–Crippen MR) is 140 cm³/mol. The molecule has 3 atom stereocenters. The van der Waals surface area contributed by atoms with Gasteiger partial charge >= 0.3 is 0 Å². The van der Waals surface area contributed by atoms with Gasteiger partial charge in [-0.3, -0.25) is 4.79 Å². The van der Waals surface area contributed by atoms with Crippen molar-refractivity contribution in [2.75, 3.05) is 31.9 Å².